The van der Waals surface area contributed by atoms with Gasteiger partial charge in [0.05, 0.1) is 32.6 Å². The van der Waals surface area contributed by atoms with Gasteiger partial charge in [0.1, 0.15) is 22.0 Å². The van der Waals surface area contributed by atoms with Gasteiger partial charge in [-0.3, -0.25) is 0 Å². The minimum atomic E-state index is 0.420. The van der Waals surface area contributed by atoms with Crippen LogP contribution in [0.15, 0.2) is 17.5 Å². The highest BCUT2D eigenvalue weighted by Gasteiger charge is 2.30. The van der Waals surface area contributed by atoms with Crippen LogP contribution in [0.5, 0.6) is 17.4 Å². The molecule has 1 saturated heterocycles. The minimum Gasteiger partial charge on any atom is -0.496 e. The molecule has 0 amide bonds. The molecule has 1 aromatic carbocycles. The third kappa shape index (κ3) is 4.01. The molecule has 3 aromatic rings. The van der Waals surface area contributed by atoms with E-state index in [2.05, 4.69) is 36.3 Å². The zero-order chi connectivity index (χ0) is 22.7. The number of rotatable bonds is 9. The lowest BCUT2D eigenvalue weighted by Crippen LogP contribution is -2.40. The van der Waals surface area contributed by atoms with Crippen molar-refractivity contribution in [3.8, 4) is 28.6 Å². The molecule has 0 spiro atoms. The largest absolute Gasteiger partial charge is 0.496 e. The molecule has 1 fully saturated rings. The minimum absolute atomic E-state index is 0.420. The number of hydrogen-bond donors (Lipinski definition) is 0. The van der Waals surface area contributed by atoms with Crippen LogP contribution in [-0.4, -0.2) is 56.7 Å². The Hall–Kier alpha value is -2.45. The maximum Gasteiger partial charge on any atom is 0.258 e. The first-order chi connectivity index (χ1) is 15.7. The summed E-state index contributed by atoms with van der Waals surface area (Å²) in [6.07, 6.45) is 3.98. The van der Waals surface area contributed by atoms with Gasteiger partial charge in [-0.25, -0.2) is 4.52 Å². The highest BCUT2D eigenvalue weighted by molar-refractivity contribution is 7.16. The average molecular weight is 460 g/mol. The van der Waals surface area contributed by atoms with E-state index in [1.807, 2.05) is 4.52 Å². The molecule has 32 heavy (non-hydrogen) atoms. The van der Waals surface area contributed by atoms with Crippen LogP contribution in [0.4, 0.5) is 5.69 Å². The van der Waals surface area contributed by atoms with Crippen molar-refractivity contribution >= 4 is 21.9 Å². The molecular formula is C24H33N3O4S. The maximum absolute atomic E-state index is 5.79. The van der Waals surface area contributed by atoms with Crippen molar-refractivity contribution in [2.75, 3.05) is 46.0 Å². The summed E-state index contributed by atoms with van der Waals surface area (Å²) in [6, 6.07) is 4.58. The summed E-state index contributed by atoms with van der Waals surface area (Å²) in [7, 11) is 5.09. The predicted octanol–water partition coefficient (Wildman–Crippen LogP) is 5.05. The van der Waals surface area contributed by atoms with Crippen LogP contribution in [0.1, 0.15) is 38.7 Å². The van der Waals surface area contributed by atoms with Gasteiger partial charge in [0, 0.05) is 31.2 Å². The van der Waals surface area contributed by atoms with Gasteiger partial charge < -0.3 is 23.8 Å². The first kappa shape index (κ1) is 22.7. The van der Waals surface area contributed by atoms with E-state index >= 15 is 0 Å². The monoisotopic (exact) mass is 459 g/mol. The molecule has 174 valence electrons. The second-order valence-electron chi connectivity index (χ2n) is 7.96. The number of benzene rings is 1. The van der Waals surface area contributed by atoms with Gasteiger partial charge in [-0.2, -0.15) is 0 Å². The average Bonchev–Trinajstić information content (AvgIpc) is 3.41. The summed E-state index contributed by atoms with van der Waals surface area (Å²) in [6.45, 7) is 6.88. The molecule has 0 aliphatic carbocycles. The van der Waals surface area contributed by atoms with Crippen LogP contribution in [0, 0.1) is 0 Å². The third-order valence-electron chi connectivity index (χ3n) is 6.11. The maximum atomic E-state index is 5.79. The molecule has 1 aliphatic heterocycles. The number of methoxy groups -OCH3 is 3. The molecule has 0 bridgehead atoms. The van der Waals surface area contributed by atoms with Crippen molar-refractivity contribution in [1.82, 2.24) is 9.61 Å². The predicted molar refractivity (Wildman–Crippen MR) is 129 cm³/mol. The third-order valence-corrected chi connectivity index (χ3v) is 7.04. The Kier molecular flexibility index (Phi) is 7.10. The second kappa shape index (κ2) is 10.0. The fourth-order valence-electron chi connectivity index (χ4n) is 4.49. The number of thiazole rings is 1. The highest BCUT2D eigenvalue weighted by atomic mass is 32.1. The number of aryl methyl sites for hydroxylation is 1. The van der Waals surface area contributed by atoms with Crippen LogP contribution in [-0.2, 0) is 11.2 Å². The summed E-state index contributed by atoms with van der Waals surface area (Å²) in [4.78, 5) is 3.54. The molecule has 0 unspecified atom stereocenters. The second-order valence-corrected chi connectivity index (χ2v) is 8.82. The topological polar surface area (TPSA) is 57.5 Å². The molecule has 0 saturated carbocycles. The SMILES string of the molecule is CCCN(c1c(OC)nn2c(-c3c(OC)cc(CC)cc3OC)csc12)C1CCOCC1. The zero-order valence-electron chi connectivity index (χ0n) is 19.6. The smallest absolute Gasteiger partial charge is 0.258 e. The van der Waals surface area contributed by atoms with Gasteiger partial charge in [-0.1, -0.05) is 13.8 Å². The van der Waals surface area contributed by atoms with E-state index in [0.717, 1.165) is 78.7 Å². The molecule has 1 aliphatic rings. The number of hydrogen-bond acceptors (Lipinski definition) is 7. The van der Waals surface area contributed by atoms with Gasteiger partial charge in [0.15, 0.2) is 0 Å². The van der Waals surface area contributed by atoms with E-state index in [-0.39, 0.29) is 0 Å². The molecule has 4 rings (SSSR count). The first-order valence-corrected chi connectivity index (χ1v) is 12.2. The van der Waals surface area contributed by atoms with Crippen molar-refractivity contribution in [3.05, 3.63) is 23.1 Å². The van der Waals surface area contributed by atoms with Crippen molar-refractivity contribution in [1.29, 1.82) is 0 Å². The van der Waals surface area contributed by atoms with E-state index in [1.165, 1.54) is 5.56 Å². The molecule has 7 nitrogen and oxygen atoms in total. The Bertz CT molecular complexity index is 1030. The number of aromatic nitrogens is 2. The van der Waals surface area contributed by atoms with E-state index in [1.54, 1.807) is 32.7 Å². The summed E-state index contributed by atoms with van der Waals surface area (Å²) < 4.78 is 24.9. The van der Waals surface area contributed by atoms with Gasteiger partial charge >= 0.3 is 0 Å². The number of nitrogens with zero attached hydrogens (tertiary/aromatic N) is 3. The molecule has 0 atom stereocenters. The number of ether oxygens (including phenoxy) is 4. The number of fused-ring (bicyclic) bond motifs is 1. The Balaban J connectivity index is 1.88. The van der Waals surface area contributed by atoms with E-state index < -0.39 is 0 Å². The summed E-state index contributed by atoms with van der Waals surface area (Å²) >= 11 is 1.67. The van der Waals surface area contributed by atoms with Crippen LogP contribution in [0.25, 0.3) is 16.1 Å². The van der Waals surface area contributed by atoms with E-state index in [0.29, 0.717) is 11.9 Å². The quantitative estimate of drug-likeness (QED) is 0.447. The normalized spacial score (nSPS) is 14.7. The van der Waals surface area contributed by atoms with E-state index in [4.69, 9.17) is 24.0 Å². The lowest BCUT2D eigenvalue weighted by molar-refractivity contribution is 0.0843. The van der Waals surface area contributed by atoms with Crippen molar-refractivity contribution in [2.24, 2.45) is 0 Å². The zero-order valence-corrected chi connectivity index (χ0v) is 20.5. The Morgan fingerprint density at radius 1 is 1.09 bits per heavy atom. The molecule has 3 heterocycles. The summed E-state index contributed by atoms with van der Waals surface area (Å²) in [5.41, 5.74) is 4.08. The molecule has 0 N–H and O–H groups in total. The Morgan fingerprint density at radius 2 is 1.78 bits per heavy atom. The lowest BCUT2D eigenvalue weighted by Gasteiger charge is -2.35. The van der Waals surface area contributed by atoms with Crippen LogP contribution in [0.2, 0.25) is 0 Å². The van der Waals surface area contributed by atoms with Gasteiger partial charge in [0.2, 0.25) is 0 Å². The standard InChI is InChI=1S/C24H33N3O4S/c1-6-10-26(17-8-11-31-12-9-17)22-23(30-5)25-27-18(15-32-24(22)27)21-19(28-3)13-16(7-2)14-20(21)29-4/h13-15,17H,6-12H2,1-5H3. The molecular weight excluding hydrogens is 426 g/mol. The van der Waals surface area contributed by atoms with Gasteiger partial charge in [-0.15, -0.1) is 16.4 Å². The lowest BCUT2D eigenvalue weighted by atomic mass is 10.0. The van der Waals surface area contributed by atoms with Crippen LogP contribution >= 0.6 is 11.3 Å². The molecule has 8 heteroatoms. The van der Waals surface area contributed by atoms with Crippen LogP contribution < -0.4 is 19.1 Å². The van der Waals surface area contributed by atoms with Crippen LogP contribution in [0.3, 0.4) is 0 Å². The highest BCUT2D eigenvalue weighted by Crippen LogP contribution is 2.45. The van der Waals surface area contributed by atoms with E-state index in [9.17, 15) is 0 Å². The fraction of sp³-hybridized carbons (Fsp3) is 0.542. The fourth-order valence-corrected chi connectivity index (χ4v) is 5.49. The molecule has 0 radical (unpaired) electrons. The Morgan fingerprint density at radius 3 is 2.34 bits per heavy atom. The van der Waals surface area contributed by atoms with Gasteiger partial charge in [-0.05, 0) is 43.4 Å². The van der Waals surface area contributed by atoms with Crippen molar-refractivity contribution in [3.63, 3.8) is 0 Å². The summed E-state index contributed by atoms with van der Waals surface area (Å²) in [5.74, 6) is 2.22. The van der Waals surface area contributed by atoms with Gasteiger partial charge in [0.25, 0.3) is 5.88 Å². The van der Waals surface area contributed by atoms with Crippen molar-refractivity contribution < 1.29 is 18.9 Å². The Labute approximate surface area is 193 Å². The molecule has 2 aromatic heterocycles. The van der Waals surface area contributed by atoms with Crippen molar-refractivity contribution in [2.45, 2.75) is 45.6 Å². The first-order valence-electron chi connectivity index (χ1n) is 11.3. The summed E-state index contributed by atoms with van der Waals surface area (Å²) in [5, 5.41) is 7.01. The number of anilines is 1.